The zero-order chi connectivity index (χ0) is 16.1. The smallest absolute Gasteiger partial charge is 0.191 e. The van der Waals surface area contributed by atoms with E-state index in [4.69, 9.17) is 0 Å². The van der Waals surface area contributed by atoms with Crippen LogP contribution in [0.5, 0.6) is 0 Å². The number of nitrogens with zero attached hydrogens (tertiary/aromatic N) is 2. The fourth-order valence-corrected chi connectivity index (χ4v) is 3.88. The third-order valence-corrected chi connectivity index (χ3v) is 5.33. The molecule has 1 aliphatic carbocycles. The van der Waals surface area contributed by atoms with E-state index >= 15 is 0 Å². The molecule has 0 bridgehead atoms. The van der Waals surface area contributed by atoms with E-state index in [2.05, 4.69) is 51.7 Å². The molecule has 23 heavy (non-hydrogen) atoms. The van der Waals surface area contributed by atoms with E-state index in [0.29, 0.717) is 6.04 Å². The van der Waals surface area contributed by atoms with E-state index in [9.17, 15) is 0 Å². The fourth-order valence-electron chi connectivity index (χ4n) is 3.88. The van der Waals surface area contributed by atoms with Gasteiger partial charge in [0.2, 0.25) is 0 Å². The van der Waals surface area contributed by atoms with Crippen molar-refractivity contribution < 1.29 is 0 Å². The minimum Gasteiger partial charge on any atom is -0.352 e. The molecule has 1 aromatic carbocycles. The first-order valence-corrected chi connectivity index (χ1v) is 9.02. The van der Waals surface area contributed by atoms with Crippen LogP contribution in [0.1, 0.15) is 43.2 Å². The molecule has 4 heteroatoms. The topological polar surface area (TPSA) is 39.7 Å². The number of nitrogens with one attached hydrogen (secondary N) is 2. The predicted molar refractivity (Wildman–Crippen MR) is 96.7 cm³/mol. The molecule has 1 unspecified atom stereocenters. The van der Waals surface area contributed by atoms with Gasteiger partial charge in [-0.15, -0.1) is 0 Å². The molecule has 0 amide bonds. The van der Waals surface area contributed by atoms with Gasteiger partial charge < -0.3 is 10.6 Å². The lowest BCUT2D eigenvalue weighted by atomic mass is 10.1. The van der Waals surface area contributed by atoms with Gasteiger partial charge in [0.15, 0.2) is 5.96 Å². The van der Waals surface area contributed by atoms with Gasteiger partial charge in [0.25, 0.3) is 0 Å². The van der Waals surface area contributed by atoms with Crippen LogP contribution in [0.15, 0.2) is 29.3 Å². The van der Waals surface area contributed by atoms with Crippen molar-refractivity contribution in [2.24, 2.45) is 4.99 Å². The Morgan fingerprint density at radius 1 is 1.22 bits per heavy atom. The van der Waals surface area contributed by atoms with Crippen LogP contribution in [0.4, 0.5) is 0 Å². The molecule has 1 aromatic rings. The maximum absolute atomic E-state index is 4.39. The minimum atomic E-state index is 0.527. The van der Waals surface area contributed by atoms with Gasteiger partial charge in [0, 0.05) is 38.8 Å². The SMILES string of the molecule is CN=C(NCc1ccccc1C)NC1CCN(C2CCCC2)C1. The maximum atomic E-state index is 4.39. The highest BCUT2D eigenvalue weighted by Gasteiger charge is 2.30. The number of benzene rings is 1. The van der Waals surface area contributed by atoms with Crippen LogP contribution in [-0.2, 0) is 6.54 Å². The van der Waals surface area contributed by atoms with E-state index in [-0.39, 0.29) is 0 Å². The highest BCUT2D eigenvalue weighted by atomic mass is 15.3. The van der Waals surface area contributed by atoms with Crippen molar-refractivity contribution in [1.82, 2.24) is 15.5 Å². The molecule has 2 aliphatic rings. The molecule has 126 valence electrons. The van der Waals surface area contributed by atoms with E-state index < -0.39 is 0 Å². The molecule has 1 saturated heterocycles. The van der Waals surface area contributed by atoms with Crippen molar-refractivity contribution in [3.63, 3.8) is 0 Å². The molecule has 0 radical (unpaired) electrons. The number of hydrogen-bond donors (Lipinski definition) is 2. The van der Waals surface area contributed by atoms with Gasteiger partial charge in [0.05, 0.1) is 0 Å². The quantitative estimate of drug-likeness (QED) is 0.663. The van der Waals surface area contributed by atoms with Gasteiger partial charge in [0.1, 0.15) is 0 Å². The molecule has 1 aliphatic heterocycles. The number of hydrogen-bond acceptors (Lipinski definition) is 2. The van der Waals surface area contributed by atoms with Crippen molar-refractivity contribution in [1.29, 1.82) is 0 Å². The van der Waals surface area contributed by atoms with E-state index in [1.807, 2.05) is 7.05 Å². The summed E-state index contributed by atoms with van der Waals surface area (Å²) in [6.07, 6.45) is 6.85. The molecule has 3 rings (SSSR count). The van der Waals surface area contributed by atoms with Gasteiger partial charge in [-0.05, 0) is 37.3 Å². The number of aliphatic imine (C=N–C) groups is 1. The Labute approximate surface area is 140 Å². The van der Waals surface area contributed by atoms with Gasteiger partial charge in [-0.3, -0.25) is 9.89 Å². The highest BCUT2D eigenvalue weighted by molar-refractivity contribution is 5.80. The Hall–Kier alpha value is -1.55. The lowest BCUT2D eigenvalue weighted by molar-refractivity contribution is 0.242. The van der Waals surface area contributed by atoms with Crippen molar-refractivity contribution in [3.8, 4) is 0 Å². The second kappa shape index (κ2) is 7.82. The monoisotopic (exact) mass is 314 g/mol. The van der Waals surface area contributed by atoms with Crippen LogP contribution in [0.25, 0.3) is 0 Å². The van der Waals surface area contributed by atoms with Crippen molar-refractivity contribution in [2.75, 3.05) is 20.1 Å². The van der Waals surface area contributed by atoms with Crippen LogP contribution in [0, 0.1) is 6.92 Å². The standard InChI is InChI=1S/C19H30N4/c1-15-7-3-4-8-16(15)13-21-19(20-2)22-17-11-12-23(14-17)18-9-5-6-10-18/h3-4,7-8,17-18H,5-6,9-14H2,1-2H3,(H2,20,21,22). The fraction of sp³-hybridized carbons (Fsp3) is 0.632. The second-order valence-corrected chi connectivity index (χ2v) is 6.92. The normalized spacial score (nSPS) is 23.4. The first-order valence-electron chi connectivity index (χ1n) is 9.02. The minimum absolute atomic E-state index is 0.527. The lowest BCUT2D eigenvalue weighted by Crippen LogP contribution is -2.45. The third kappa shape index (κ3) is 4.25. The molecular weight excluding hydrogens is 284 g/mol. The predicted octanol–water partition coefficient (Wildman–Crippen LogP) is 2.68. The lowest BCUT2D eigenvalue weighted by Gasteiger charge is -2.24. The van der Waals surface area contributed by atoms with Crippen molar-refractivity contribution in [2.45, 2.75) is 57.7 Å². The Kier molecular flexibility index (Phi) is 5.55. The summed E-state index contributed by atoms with van der Waals surface area (Å²) in [4.78, 5) is 7.07. The number of aryl methyl sites for hydroxylation is 1. The maximum Gasteiger partial charge on any atom is 0.191 e. The number of rotatable bonds is 4. The summed E-state index contributed by atoms with van der Waals surface area (Å²) in [5.74, 6) is 0.923. The molecule has 1 heterocycles. The van der Waals surface area contributed by atoms with E-state index in [0.717, 1.165) is 25.1 Å². The summed E-state index contributed by atoms with van der Waals surface area (Å²) < 4.78 is 0. The van der Waals surface area contributed by atoms with Gasteiger partial charge in [-0.25, -0.2) is 0 Å². The molecular formula is C19H30N4. The van der Waals surface area contributed by atoms with Crippen molar-refractivity contribution in [3.05, 3.63) is 35.4 Å². The zero-order valence-corrected chi connectivity index (χ0v) is 14.5. The Bertz CT molecular complexity index is 534. The average molecular weight is 314 g/mol. The summed E-state index contributed by atoms with van der Waals surface area (Å²) in [7, 11) is 1.86. The van der Waals surface area contributed by atoms with E-state index in [1.54, 1.807) is 0 Å². The van der Waals surface area contributed by atoms with Gasteiger partial charge >= 0.3 is 0 Å². The molecule has 4 nitrogen and oxygen atoms in total. The molecule has 1 atom stereocenters. The first kappa shape index (κ1) is 16.3. The Morgan fingerprint density at radius 2 is 2.00 bits per heavy atom. The molecule has 2 N–H and O–H groups in total. The number of guanidine groups is 1. The summed E-state index contributed by atoms with van der Waals surface area (Å²) in [5.41, 5.74) is 2.65. The summed E-state index contributed by atoms with van der Waals surface area (Å²) >= 11 is 0. The van der Waals surface area contributed by atoms with Crippen LogP contribution < -0.4 is 10.6 Å². The van der Waals surface area contributed by atoms with Gasteiger partial charge in [-0.1, -0.05) is 37.1 Å². The second-order valence-electron chi connectivity index (χ2n) is 6.92. The molecule has 2 fully saturated rings. The largest absolute Gasteiger partial charge is 0.352 e. The summed E-state index contributed by atoms with van der Waals surface area (Å²) in [6.45, 7) is 5.38. The van der Waals surface area contributed by atoms with Crippen LogP contribution >= 0.6 is 0 Å². The van der Waals surface area contributed by atoms with Crippen LogP contribution in [-0.4, -0.2) is 43.1 Å². The van der Waals surface area contributed by atoms with Crippen LogP contribution in [0.3, 0.4) is 0 Å². The van der Waals surface area contributed by atoms with E-state index in [1.165, 1.54) is 49.8 Å². The first-order chi connectivity index (χ1) is 11.3. The Morgan fingerprint density at radius 3 is 2.74 bits per heavy atom. The third-order valence-electron chi connectivity index (χ3n) is 5.33. The van der Waals surface area contributed by atoms with Crippen LogP contribution in [0.2, 0.25) is 0 Å². The average Bonchev–Trinajstić information content (AvgIpc) is 3.24. The summed E-state index contributed by atoms with van der Waals surface area (Å²) in [5, 5.41) is 7.06. The van der Waals surface area contributed by atoms with Crippen molar-refractivity contribution >= 4 is 5.96 Å². The van der Waals surface area contributed by atoms with Gasteiger partial charge in [-0.2, -0.15) is 0 Å². The highest BCUT2D eigenvalue weighted by Crippen LogP contribution is 2.26. The zero-order valence-electron chi connectivity index (χ0n) is 14.5. The Balaban J connectivity index is 1.47. The molecule has 0 spiro atoms. The molecule has 0 aromatic heterocycles. The summed E-state index contributed by atoms with van der Waals surface area (Å²) in [6, 6.07) is 9.87. The number of likely N-dealkylation sites (tertiary alicyclic amines) is 1. The molecule has 1 saturated carbocycles.